The van der Waals surface area contributed by atoms with Gasteiger partial charge in [0.1, 0.15) is 45.9 Å². The van der Waals surface area contributed by atoms with Crippen molar-refractivity contribution in [2.24, 2.45) is 5.92 Å². The number of amides is 5. The molecular formula is C45H59N7O9S2. The van der Waals surface area contributed by atoms with Crippen molar-refractivity contribution in [2.45, 2.75) is 140 Å². The molecule has 0 spiro atoms. The Labute approximate surface area is 372 Å². The number of pyridine rings is 1. The van der Waals surface area contributed by atoms with Crippen molar-refractivity contribution in [3.63, 3.8) is 0 Å². The zero-order chi connectivity index (χ0) is 44.8. The normalized spacial score (nSPS) is 28.1. The van der Waals surface area contributed by atoms with Crippen LogP contribution in [0.5, 0.6) is 11.5 Å². The molecule has 0 unspecified atom stereocenters. The zero-order valence-electron chi connectivity index (χ0n) is 36.8. The fraction of sp³-hybridized carbons (Fsp3) is 0.600. The summed E-state index contributed by atoms with van der Waals surface area (Å²) in [5, 5.41) is 8.77. The monoisotopic (exact) mass is 905 g/mol. The second-order valence-electron chi connectivity index (χ2n) is 18.2. The lowest BCUT2D eigenvalue weighted by atomic mass is 10.0. The van der Waals surface area contributed by atoms with Crippen LogP contribution in [0, 0.1) is 12.8 Å². The van der Waals surface area contributed by atoms with E-state index in [4.69, 9.17) is 24.2 Å². The van der Waals surface area contributed by atoms with E-state index in [1.54, 1.807) is 12.0 Å². The van der Waals surface area contributed by atoms with Gasteiger partial charge in [-0.2, -0.15) is 0 Å². The van der Waals surface area contributed by atoms with Crippen LogP contribution in [0.15, 0.2) is 35.7 Å². The predicted octanol–water partition coefficient (Wildman–Crippen LogP) is 5.34. The molecule has 5 heterocycles. The van der Waals surface area contributed by atoms with Crippen LogP contribution in [0.1, 0.15) is 103 Å². The van der Waals surface area contributed by atoms with Crippen LogP contribution in [0.2, 0.25) is 0 Å². The van der Waals surface area contributed by atoms with Crippen molar-refractivity contribution in [3.05, 3.63) is 47.0 Å². The van der Waals surface area contributed by atoms with Gasteiger partial charge in [-0.05, 0) is 77.3 Å². The lowest BCUT2D eigenvalue weighted by molar-refractivity contribution is -0.141. The minimum absolute atomic E-state index is 0.00344. The summed E-state index contributed by atoms with van der Waals surface area (Å²) in [5.41, 5.74) is 1.48. The summed E-state index contributed by atoms with van der Waals surface area (Å²) < 4.78 is 46.7. The summed E-state index contributed by atoms with van der Waals surface area (Å²) in [7, 11) is -2.31. The Hall–Kier alpha value is -4.81. The van der Waals surface area contributed by atoms with Crippen LogP contribution in [-0.2, 0) is 29.1 Å². The van der Waals surface area contributed by atoms with Gasteiger partial charge in [-0.3, -0.25) is 19.1 Å². The largest absolute Gasteiger partial charge is 0.496 e. The molecule has 1 aromatic carbocycles. The SMILES string of the molecule is COc1ccc2c(O[C@@H]3C[C@H]4C(=O)N[C@]5(C(=O)NS(=O)(=O)C6CC6)C[C@H]5C=CCCCCC[C@H](NC(=O)N5C[C@@H](C)O[C@@H](C)C5)C(=O)N4C3)cc(-c3nc(C(C)C)cs3)nc2c1C. The molecule has 5 aliphatic rings. The number of hydrogen-bond acceptors (Lipinski definition) is 12. The third-order valence-electron chi connectivity index (χ3n) is 12.8. The molecule has 2 saturated carbocycles. The fourth-order valence-electron chi connectivity index (χ4n) is 9.09. The van der Waals surface area contributed by atoms with Crippen molar-refractivity contribution in [2.75, 3.05) is 26.7 Å². The van der Waals surface area contributed by atoms with Gasteiger partial charge in [-0.15, -0.1) is 11.3 Å². The number of hydrogen-bond donors (Lipinski definition) is 3. The molecule has 3 aromatic rings. The number of aromatic nitrogens is 2. The molecule has 3 N–H and O–H groups in total. The molecule has 63 heavy (non-hydrogen) atoms. The molecule has 2 saturated heterocycles. The number of benzene rings is 1. The van der Waals surface area contributed by atoms with Crippen molar-refractivity contribution in [1.29, 1.82) is 0 Å². The Bertz CT molecular complexity index is 2390. The number of rotatable bonds is 9. The quantitative estimate of drug-likeness (QED) is 0.235. The number of allylic oxidation sites excluding steroid dienone is 1. The van der Waals surface area contributed by atoms with Crippen LogP contribution in [-0.4, -0.2) is 120 Å². The third kappa shape index (κ3) is 9.53. The van der Waals surface area contributed by atoms with Gasteiger partial charge in [0, 0.05) is 47.8 Å². The molecule has 4 fully saturated rings. The van der Waals surface area contributed by atoms with E-state index in [9.17, 15) is 27.6 Å². The maximum Gasteiger partial charge on any atom is 0.318 e. The number of morpholine rings is 1. The number of nitrogens with zero attached hydrogens (tertiary/aromatic N) is 4. The Kier molecular flexibility index (Phi) is 12.8. The van der Waals surface area contributed by atoms with Crippen LogP contribution < -0.4 is 24.8 Å². The van der Waals surface area contributed by atoms with Gasteiger partial charge in [0.15, 0.2) is 0 Å². The van der Waals surface area contributed by atoms with E-state index in [-0.39, 0.29) is 43.5 Å². The number of aryl methyl sites for hydroxylation is 1. The van der Waals surface area contributed by atoms with Gasteiger partial charge in [0.25, 0.3) is 5.91 Å². The van der Waals surface area contributed by atoms with Gasteiger partial charge in [-0.1, -0.05) is 38.8 Å². The average Bonchev–Trinajstić information content (AvgIpc) is 4.11. The Morgan fingerprint density at radius 3 is 2.49 bits per heavy atom. The van der Waals surface area contributed by atoms with E-state index < -0.39 is 62.6 Å². The van der Waals surface area contributed by atoms with Crippen molar-refractivity contribution < 1.29 is 41.8 Å². The van der Waals surface area contributed by atoms with Gasteiger partial charge < -0.3 is 34.6 Å². The number of sulfonamides is 1. The van der Waals surface area contributed by atoms with E-state index in [1.807, 2.05) is 56.5 Å². The van der Waals surface area contributed by atoms with Gasteiger partial charge >= 0.3 is 6.03 Å². The number of carbonyl (C=O) groups excluding carboxylic acids is 4. The maximum absolute atomic E-state index is 15.0. The first-order chi connectivity index (χ1) is 30.1. The number of nitrogens with one attached hydrogen (secondary N) is 3. The van der Waals surface area contributed by atoms with Crippen molar-refractivity contribution >= 4 is 56.0 Å². The van der Waals surface area contributed by atoms with Crippen molar-refractivity contribution in [3.8, 4) is 22.2 Å². The molecule has 16 nitrogen and oxygen atoms in total. The number of carbonyl (C=O) groups is 4. The number of urea groups is 1. The Morgan fingerprint density at radius 1 is 1.03 bits per heavy atom. The molecule has 5 amide bonds. The van der Waals surface area contributed by atoms with E-state index in [0.717, 1.165) is 24.1 Å². The highest BCUT2D eigenvalue weighted by Crippen LogP contribution is 2.46. The molecule has 0 bridgehead atoms. The first kappa shape index (κ1) is 44.8. The number of thiazole rings is 1. The average molecular weight is 906 g/mol. The predicted molar refractivity (Wildman–Crippen MR) is 238 cm³/mol. The lowest BCUT2D eigenvalue weighted by Crippen LogP contribution is -2.59. The molecule has 2 aliphatic carbocycles. The van der Waals surface area contributed by atoms with Gasteiger partial charge in [0.05, 0.1) is 42.3 Å². The smallest absolute Gasteiger partial charge is 0.318 e. The zero-order valence-corrected chi connectivity index (χ0v) is 38.5. The number of fused-ring (bicyclic) bond motifs is 3. The molecule has 8 rings (SSSR count). The van der Waals surface area contributed by atoms with E-state index in [0.29, 0.717) is 78.3 Å². The first-order valence-electron chi connectivity index (χ1n) is 22.2. The second-order valence-corrected chi connectivity index (χ2v) is 21.0. The minimum Gasteiger partial charge on any atom is -0.496 e. The third-order valence-corrected chi connectivity index (χ3v) is 15.5. The van der Waals surface area contributed by atoms with Crippen LogP contribution in [0.3, 0.4) is 0 Å². The van der Waals surface area contributed by atoms with Crippen LogP contribution in [0.4, 0.5) is 4.79 Å². The van der Waals surface area contributed by atoms with E-state index >= 15 is 0 Å². The first-order valence-corrected chi connectivity index (χ1v) is 24.7. The number of methoxy groups -OCH3 is 1. The highest BCUT2D eigenvalue weighted by atomic mass is 32.2. The van der Waals surface area contributed by atoms with Crippen molar-refractivity contribution in [1.82, 2.24) is 35.1 Å². The van der Waals surface area contributed by atoms with Gasteiger partial charge in [-0.25, -0.2) is 23.2 Å². The molecule has 0 radical (unpaired) electrons. The van der Waals surface area contributed by atoms with Crippen LogP contribution >= 0.6 is 11.3 Å². The Balaban J connectivity index is 1.14. The summed E-state index contributed by atoms with van der Waals surface area (Å²) in [5.74, 6) is -0.920. The fourth-order valence-corrected chi connectivity index (χ4v) is 11.4. The Morgan fingerprint density at radius 2 is 1.79 bits per heavy atom. The maximum atomic E-state index is 15.0. The van der Waals surface area contributed by atoms with Crippen LogP contribution in [0.25, 0.3) is 21.6 Å². The summed E-state index contributed by atoms with van der Waals surface area (Å²) in [6.07, 6.45) is 7.25. The molecule has 3 aliphatic heterocycles. The summed E-state index contributed by atoms with van der Waals surface area (Å²) >= 11 is 1.48. The topological polar surface area (TPSA) is 198 Å². The number of ether oxygens (including phenoxy) is 3. The second kappa shape index (κ2) is 18.0. The summed E-state index contributed by atoms with van der Waals surface area (Å²) in [4.78, 5) is 70.6. The van der Waals surface area contributed by atoms with Gasteiger partial charge in [0.2, 0.25) is 21.8 Å². The minimum atomic E-state index is -3.92. The standard InChI is InChI=1S/C45H59N7O9S2/c1-25(2)35-24-62-41(47-35)34-19-38(32-16-17-37(59-6)28(5)39(32)46-34)61-30-18-36-40(53)49-45(43(55)50-63(57,58)31-14-15-31)20-29(45)12-10-8-7-9-11-13-33(42(54)52(36)23-30)48-44(56)51-21-26(3)60-27(4)22-51/h10,12,16-17,19,24-27,29-31,33,36H,7-9,11,13-15,18,20-23H2,1-6H3,(H,48,56)(H,49,53)(H,50,55)/t26-,27+,29-,30-,33+,36+,45-/m1/s1. The molecule has 7 atom stereocenters. The molecular weight excluding hydrogens is 847 g/mol. The molecule has 340 valence electrons. The summed E-state index contributed by atoms with van der Waals surface area (Å²) in [6, 6.07) is 3.09. The highest BCUT2D eigenvalue weighted by molar-refractivity contribution is 7.91. The molecule has 18 heteroatoms. The molecule has 2 aromatic heterocycles. The van der Waals surface area contributed by atoms with E-state index in [1.165, 1.54) is 16.2 Å². The lowest BCUT2D eigenvalue weighted by Gasteiger charge is -2.36. The van der Waals surface area contributed by atoms with E-state index in [2.05, 4.69) is 29.2 Å². The highest BCUT2D eigenvalue weighted by Gasteiger charge is 2.62. The summed E-state index contributed by atoms with van der Waals surface area (Å²) in [6.45, 7) is 10.6.